The molecular formula is C14H20O3. The lowest BCUT2D eigenvalue weighted by Gasteiger charge is -2.29. The van der Waals surface area contributed by atoms with Crippen molar-refractivity contribution in [1.82, 2.24) is 0 Å². The maximum Gasteiger partial charge on any atom is 0.314 e. The van der Waals surface area contributed by atoms with Gasteiger partial charge in [-0.3, -0.25) is 4.79 Å². The van der Waals surface area contributed by atoms with Gasteiger partial charge < -0.3 is 9.84 Å². The summed E-state index contributed by atoms with van der Waals surface area (Å²) >= 11 is 0. The standard InChI is InChI=1S/C14H20O3/c1-5-17-13(16)14(3,4)12(15)11-8-6-10(2)7-9-11/h6,8-9,12,15H,2,5,7H2,1,3-4H3. The summed E-state index contributed by atoms with van der Waals surface area (Å²) < 4.78 is 4.97. The van der Waals surface area contributed by atoms with E-state index in [1.54, 1.807) is 26.8 Å². The lowest BCUT2D eigenvalue weighted by atomic mass is 9.81. The highest BCUT2D eigenvalue weighted by molar-refractivity contribution is 5.77. The van der Waals surface area contributed by atoms with Crippen LogP contribution in [0.5, 0.6) is 0 Å². The number of carbonyl (C=O) groups excluding carboxylic acids is 1. The third-order valence-corrected chi connectivity index (χ3v) is 2.91. The molecule has 0 radical (unpaired) electrons. The first kappa shape index (κ1) is 13.7. The maximum absolute atomic E-state index is 11.8. The smallest absolute Gasteiger partial charge is 0.314 e. The summed E-state index contributed by atoms with van der Waals surface area (Å²) in [6, 6.07) is 0. The van der Waals surface area contributed by atoms with Crippen molar-refractivity contribution in [2.45, 2.75) is 33.3 Å². The van der Waals surface area contributed by atoms with Gasteiger partial charge in [0.05, 0.1) is 18.1 Å². The third kappa shape index (κ3) is 3.07. The number of esters is 1. The summed E-state index contributed by atoms with van der Waals surface area (Å²) in [6.45, 7) is 9.28. The summed E-state index contributed by atoms with van der Waals surface area (Å²) in [7, 11) is 0. The minimum absolute atomic E-state index is 0.320. The van der Waals surface area contributed by atoms with Gasteiger partial charge in [-0.1, -0.05) is 30.4 Å². The molecular weight excluding hydrogens is 216 g/mol. The molecule has 1 aliphatic carbocycles. The Morgan fingerprint density at radius 2 is 2.24 bits per heavy atom. The molecule has 0 amide bonds. The Labute approximate surface area is 102 Å². The molecule has 3 nitrogen and oxygen atoms in total. The van der Waals surface area contributed by atoms with Gasteiger partial charge in [-0.25, -0.2) is 0 Å². The normalized spacial score (nSPS) is 17.6. The van der Waals surface area contributed by atoms with Gasteiger partial charge in [0, 0.05) is 0 Å². The molecule has 0 aromatic rings. The van der Waals surface area contributed by atoms with E-state index in [0.717, 1.165) is 11.1 Å². The molecule has 17 heavy (non-hydrogen) atoms. The minimum atomic E-state index is -0.940. The van der Waals surface area contributed by atoms with E-state index < -0.39 is 11.5 Å². The number of aliphatic hydroxyl groups is 1. The SMILES string of the molecule is C=C1C=CC(C(O)C(C)(C)C(=O)OCC)=CC1. The Morgan fingerprint density at radius 1 is 1.59 bits per heavy atom. The molecule has 0 aliphatic heterocycles. The first-order valence-electron chi connectivity index (χ1n) is 5.80. The van der Waals surface area contributed by atoms with E-state index in [2.05, 4.69) is 6.58 Å². The molecule has 0 spiro atoms. The first-order chi connectivity index (χ1) is 7.89. The zero-order valence-electron chi connectivity index (χ0n) is 10.7. The Kier molecular flexibility index (Phi) is 4.29. The fourth-order valence-corrected chi connectivity index (χ4v) is 1.65. The van der Waals surface area contributed by atoms with Gasteiger partial charge in [0.2, 0.25) is 0 Å². The number of aliphatic hydroxyl groups excluding tert-OH is 1. The molecule has 3 heteroatoms. The summed E-state index contributed by atoms with van der Waals surface area (Å²) in [4.78, 5) is 11.8. The lowest BCUT2D eigenvalue weighted by molar-refractivity contribution is -0.158. The van der Waals surface area contributed by atoms with Crippen LogP contribution in [0.3, 0.4) is 0 Å². The Bertz CT molecular complexity index is 375. The second-order valence-electron chi connectivity index (χ2n) is 4.74. The van der Waals surface area contributed by atoms with E-state index in [-0.39, 0.29) is 5.97 Å². The van der Waals surface area contributed by atoms with E-state index >= 15 is 0 Å². The zero-order chi connectivity index (χ0) is 13.1. The number of rotatable bonds is 4. The second kappa shape index (κ2) is 5.32. The summed E-state index contributed by atoms with van der Waals surface area (Å²) in [5, 5.41) is 10.2. The largest absolute Gasteiger partial charge is 0.465 e. The van der Waals surface area contributed by atoms with Crippen molar-refractivity contribution in [3.8, 4) is 0 Å². The van der Waals surface area contributed by atoms with Crippen LogP contribution in [0.1, 0.15) is 27.2 Å². The van der Waals surface area contributed by atoms with Gasteiger partial charge in [-0.15, -0.1) is 0 Å². The van der Waals surface area contributed by atoms with E-state index in [4.69, 9.17) is 4.74 Å². The van der Waals surface area contributed by atoms with Crippen LogP contribution in [0.25, 0.3) is 0 Å². The number of carbonyl (C=O) groups is 1. The number of hydrogen-bond acceptors (Lipinski definition) is 3. The fourth-order valence-electron chi connectivity index (χ4n) is 1.65. The van der Waals surface area contributed by atoms with Crippen molar-refractivity contribution in [3.63, 3.8) is 0 Å². The topological polar surface area (TPSA) is 46.5 Å². The summed E-state index contributed by atoms with van der Waals surface area (Å²) in [5.74, 6) is -0.383. The molecule has 1 rings (SSSR count). The van der Waals surface area contributed by atoms with Crippen LogP contribution in [0.2, 0.25) is 0 Å². The van der Waals surface area contributed by atoms with Crippen molar-refractivity contribution < 1.29 is 14.6 Å². The van der Waals surface area contributed by atoms with Crippen LogP contribution in [0.15, 0.2) is 36.0 Å². The number of ether oxygens (including phenoxy) is 1. The van der Waals surface area contributed by atoms with Crippen LogP contribution in [-0.4, -0.2) is 23.8 Å². The second-order valence-corrected chi connectivity index (χ2v) is 4.74. The van der Waals surface area contributed by atoms with Crippen molar-refractivity contribution in [1.29, 1.82) is 0 Å². The monoisotopic (exact) mass is 236 g/mol. The summed E-state index contributed by atoms with van der Waals surface area (Å²) in [6.07, 6.45) is 5.42. The van der Waals surface area contributed by atoms with Crippen LogP contribution in [-0.2, 0) is 9.53 Å². The molecule has 94 valence electrons. The molecule has 0 saturated heterocycles. The Morgan fingerprint density at radius 3 is 2.71 bits per heavy atom. The highest BCUT2D eigenvalue weighted by Crippen LogP contribution is 2.30. The van der Waals surface area contributed by atoms with Crippen LogP contribution >= 0.6 is 0 Å². The molecule has 0 aromatic heterocycles. The van der Waals surface area contributed by atoms with Crippen LogP contribution < -0.4 is 0 Å². The van der Waals surface area contributed by atoms with Crippen molar-refractivity contribution in [2.24, 2.45) is 5.41 Å². The van der Waals surface area contributed by atoms with Gasteiger partial charge in [-0.05, 0) is 32.8 Å². The minimum Gasteiger partial charge on any atom is -0.465 e. The number of hydrogen-bond donors (Lipinski definition) is 1. The molecule has 0 heterocycles. The molecule has 0 fully saturated rings. The molecule has 1 atom stereocenters. The van der Waals surface area contributed by atoms with Crippen molar-refractivity contribution in [2.75, 3.05) is 6.61 Å². The lowest BCUT2D eigenvalue weighted by Crippen LogP contribution is -2.39. The highest BCUT2D eigenvalue weighted by atomic mass is 16.5. The molecule has 1 aliphatic rings. The Balaban J connectivity index is 2.82. The van der Waals surface area contributed by atoms with Gasteiger partial charge in [0.15, 0.2) is 0 Å². The highest BCUT2D eigenvalue weighted by Gasteiger charge is 2.38. The van der Waals surface area contributed by atoms with Gasteiger partial charge in [0.1, 0.15) is 0 Å². The fraction of sp³-hybridized carbons (Fsp3) is 0.500. The average Bonchev–Trinajstić information content (AvgIpc) is 2.29. The average molecular weight is 236 g/mol. The van der Waals surface area contributed by atoms with E-state index in [1.165, 1.54) is 0 Å². The van der Waals surface area contributed by atoms with E-state index in [9.17, 15) is 9.90 Å². The summed E-state index contributed by atoms with van der Waals surface area (Å²) in [5.41, 5.74) is 0.801. The van der Waals surface area contributed by atoms with Crippen LogP contribution in [0, 0.1) is 5.41 Å². The van der Waals surface area contributed by atoms with Crippen molar-refractivity contribution >= 4 is 5.97 Å². The van der Waals surface area contributed by atoms with Gasteiger partial charge in [-0.2, -0.15) is 0 Å². The molecule has 0 aromatic carbocycles. The quantitative estimate of drug-likeness (QED) is 0.762. The third-order valence-electron chi connectivity index (χ3n) is 2.91. The predicted molar refractivity (Wildman–Crippen MR) is 67.4 cm³/mol. The molecule has 0 saturated carbocycles. The van der Waals surface area contributed by atoms with Gasteiger partial charge >= 0.3 is 5.97 Å². The van der Waals surface area contributed by atoms with Crippen molar-refractivity contribution in [3.05, 3.63) is 36.0 Å². The van der Waals surface area contributed by atoms with Crippen LogP contribution in [0.4, 0.5) is 0 Å². The molecule has 1 unspecified atom stereocenters. The van der Waals surface area contributed by atoms with E-state index in [1.807, 2.05) is 12.2 Å². The zero-order valence-corrected chi connectivity index (χ0v) is 10.7. The maximum atomic E-state index is 11.8. The predicted octanol–water partition coefficient (Wildman–Crippen LogP) is 2.38. The van der Waals surface area contributed by atoms with E-state index in [0.29, 0.717) is 13.0 Å². The first-order valence-corrected chi connectivity index (χ1v) is 5.80. The molecule has 1 N–H and O–H groups in total. The number of allylic oxidation sites excluding steroid dienone is 3. The molecule has 0 bridgehead atoms. The van der Waals surface area contributed by atoms with Gasteiger partial charge in [0.25, 0.3) is 0 Å². The Hall–Kier alpha value is -1.35.